The summed E-state index contributed by atoms with van der Waals surface area (Å²) in [5, 5.41) is 46.2. The molecule has 0 aromatic heterocycles. The number of ether oxygens (including phenoxy) is 3. The molecule has 4 saturated carbocycles. The third kappa shape index (κ3) is 4.44. The molecule has 6 N–H and O–H groups in total. The lowest BCUT2D eigenvalue weighted by molar-refractivity contribution is -0.386. The van der Waals surface area contributed by atoms with E-state index < -0.39 is 34.1 Å². The minimum Gasteiger partial charge on any atom is -0.549 e. The summed E-state index contributed by atoms with van der Waals surface area (Å²) in [5.74, 6) is -0.645. The van der Waals surface area contributed by atoms with Crippen molar-refractivity contribution in [3.63, 3.8) is 0 Å². The molecular formula is C32H45NO9. The quantitative estimate of drug-likeness (QED) is 0.365. The summed E-state index contributed by atoms with van der Waals surface area (Å²) in [4.78, 5) is 24.2. The first-order valence-electron chi connectivity index (χ1n) is 15.1. The molecule has 4 aliphatic carbocycles. The maximum atomic E-state index is 12.6. The molecule has 1 heterocycles. The maximum Gasteiger partial charge on any atom is 0.331 e. The highest BCUT2D eigenvalue weighted by atomic mass is 16.5. The van der Waals surface area contributed by atoms with Gasteiger partial charge >= 0.3 is 5.97 Å². The number of carbonyl (C=O) groups excluding carboxylic acids is 2. The SMILES string of the molecule is COc1cccc(C[NH3+])c1OC.C[C@]12CCC3C(CCC4(O)CC(O)CC[C@]34C(=O)[O-])C1(O)CC[C@H]2C1=CC(=O)OC1. The highest BCUT2D eigenvalue weighted by Gasteiger charge is 2.71. The summed E-state index contributed by atoms with van der Waals surface area (Å²) in [6.45, 7) is 3.05. The number of fused-ring (bicyclic) bond motifs is 5. The molecule has 10 heteroatoms. The number of methoxy groups -OCH3 is 2. The Balaban J connectivity index is 0.000000248. The van der Waals surface area contributed by atoms with Gasteiger partial charge in [-0.25, -0.2) is 4.79 Å². The molecule has 10 nitrogen and oxygen atoms in total. The highest BCUT2D eigenvalue weighted by Crippen LogP contribution is 2.70. The average molecular weight is 588 g/mol. The van der Waals surface area contributed by atoms with Crippen LogP contribution in [0.1, 0.15) is 70.3 Å². The third-order valence-electron chi connectivity index (χ3n) is 11.7. The van der Waals surface area contributed by atoms with Gasteiger partial charge in [-0.2, -0.15) is 0 Å². The monoisotopic (exact) mass is 587 g/mol. The van der Waals surface area contributed by atoms with Crippen molar-refractivity contribution < 1.29 is 50.0 Å². The molecule has 1 aliphatic heterocycles. The van der Waals surface area contributed by atoms with Gasteiger partial charge in [-0.15, -0.1) is 0 Å². The lowest BCUT2D eigenvalue weighted by Crippen LogP contribution is -2.72. The topological polar surface area (TPSA) is 173 Å². The van der Waals surface area contributed by atoms with Gasteiger partial charge in [-0.1, -0.05) is 13.0 Å². The summed E-state index contributed by atoms with van der Waals surface area (Å²) in [5.41, 5.74) is 1.34. The number of carboxylic acid groups (broad SMARTS) is 1. The fourth-order valence-corrected chi connectivity index (χ4v) is 9.62. The van der Waals surface area contributed by atoms with Crippen molar-refractivity contribution in [2.45, 2.75) is 88.6 Å². The van der Waals surface area contributed by atoms with Gasteiger partial charge in [0.15, 0.2) is 11.5 Å². The smallest absolute Gasteiger partial charge is 0.331 e. The van der Waals surface area contributed by atoms with Crippen LogP contribution in [0.25, 0.3) is 0 Å². The van der Waals surface area contributed by atoms with Crippen LogP contribution in [0.2, 0.25) is 0 Å². The molecule has 0 bridgehead atoms. The number of cyclic esters (lactones) is 1. The number of hydrogen-bond donors (Lipinski definition) is 4. The van der Waals surface area contributed by atoms with Gasteiger partial charge in [-0.3, -0.25) is 0 Å². The molecular weight excluding hydrogens is 542 g/mol. The van der Waals surface area contributed by atoms with Crippen LogP contribution in [0.4, 0.5) is 0 Å². The maximum absolute atomic E-state index is 12.6. The van der Waals surface area contributed by atoms with Crippen LogP contribution in [0.15, 0.2) is 29.8 Å². The molecule has 1 aromatic rings. The molecule has 6 rings (SSSR count). The summed E-state index contributed by atoms with van der Waals surface area (Å²) in [6.07, 6.45) is 4.64. The Labute approximate surface area is 246 Å². The fraction of sp³-hybridized carbons (Fsp3) is 0.688. The number of carboxylic acids is 1. The zero-order valence-electron chi connectivity index (χ0n) is 24.9. The fourth-order valence-electron chi connectivity index (χ4n) is 9.62. The van der Waals surface area contributed by atoms with Gasteiger partial charge in [0.2, 0.25) is 0 Å². The van der Waals surface area contributed by atoms with E-state index in [-0.39, 0.29) is 49.6 Å². The summed E-state index contributed by atoms with van der Waals surface area (Å²) in [7, 11) is 3.27. The number of benzene rings is 1. The second-order valence-corrected chi connectivity index (χ2v) is 13.1. The van der Waals surface area contributed by atoms with E-state index in [0.29, 0.717) is 38.6 Å². The lowest BCUT2D eigenvalue weighted by atomic mass is 9.41. The van der Waals surface area contributed by atoms with E-state index in [4.69, 9.17) is 14.2 Å². The number of para-hydroxylation sites is 1. The molecule has 0 saturated heterocycles. The highest BCUT2D eigenvalue weighted by molar-refractivity contribution is 5.85. The Morgan fingerprint density at radius 3 is 2.43 bits per heavy atom. The largest absolute Gasteiger partial charge is 0.549 e. The Kier molecular flexibility index (Phi) is 8.15. The predicted octanol–water partition coefficient (Wildman–Crippen LogP) is 0.895. The second kappa shape index (κ2) is 11.1. The lowest BCUT2D eigenvalue weighted by Gasteiger charge is -2.67. The number of quaternary nitrogens is 1. The third-order valence-corrected chi connectivity index (χ3v) is 11.7. The molecule has 4 fully saturated rings. The van der Waals surface area contributed by atoms with Gasteiger partial charge in [0.05, 0.1) is 43.1 Å². The summed E-state index contributed by atoms with van der Waals surface area (Å²) >= 11 is 0. The minimum absolute atomic E-state index is 0.0304. The number of aliphatic hydroxyl groups excluding tert-OH is 1. The van der Waals surface area contributed by atoms with Gasteiger partial charge in [0, 0.05) is 23.3 Å². The van der Waals surface area contributed by atoms with E-state index in [0.717, 1.165) is 29.1 Å². The van der Waals surface area contributed by atoms with E-state index in [1.165, 1.54) is 0 Å². The van der Waals surface area contributed by atoms with Crippen LogP contribution < -0.4 is 20.3 Å². The normalized spacial score (nSPS) is 40.4. The Morgan fingerprint density at radius 2 is 1.81 bits per heavy atom. The van der Waals surface area contributed by atoms with Crippen LogP contribution >= 0.6 is 0 Å². The van der Waals surface area contributed by atoms with Crippen molar-refractivity contribution in [2.24, 2.45) is 28.6 Å². The van der Waals surface area contributed by atoms with Gasteiger partial charge in [0.1, 0.15) is 13.2 Å². The molecule has 1 aromatic carbocycles. The molecule has 0 spiro atoms. The molecule has 0 radical (unpaired) electrons. The van der Waals surface area contributed by atoms with Crippen molar-refractivity contribution >= 4 is 11.9 Å². The van der Waals surface area contributed by atoms with E-state index in [9.17, 15) is 30.0 Å². The predicted molar refractivity (Wildman–Crippen MR) is 149 cm³/mol. The van der Waals surface area contributed by atoms with E-state index in [1.54, 1.807) is 20.3 Å². The molecule has 5 aliphatic rings. The number of carbonyl (C=O) groups is 2. The Hall–Kier alpha value is -2.66. The number of aliphatic hydroxyl groups is 3. The molecule has 5 unspecified atom stereocenters. The van der Waals surface area contributed by atoms with Gasteiger partial charge in [0.25, 0.3) is 0 Å². The standard InChI is InChI=1S/C23H32O7.C9H13NO2/c1-20-6-3-16-17(23(20,29)9-5-15(20)13-10-18(25)30-12-13)4-7-21(28)11-14(24)2-8-22(16,21)19(26)27;1-11-8-5-3-4-7(6-10)9(8)12-2/h10,14-17,24,28-29H,2-9,11-12H2,1H3,(H,26,27);3-5H,6,10H2,1-2H3/t14?,15-,16?,17?,20+,21?,22+,23?;/m0./s1. The first-order valence-corrected chi connectivity index (χ1v) is 15.1. The van der Waals surface area contributed by atoms with Crippen molar-refractivity contribution in [2.75, 3.05) is 20.8 Å². The van der Waals surface area contributed by atoms with E-state index >= 15 is 0 Å². The van der Waals surface area contributed by atoms with Crippen molar-refractivity contribution in [3.05, 3.63) is 35.4 Å². The average Bonchev–Trinajstić information content (AvgIpc) is 3.51. The zero-order valence-corrected chi connectivity index (χ0v) is 24.9. The molecule has 8 atom stereocenters. The van der Waals surface area contributed by atoms with Crippen molar-refractivity contribution in [1.82, 2.24) is 0 Å². The number of hydrogen-bond acceptors (Lipinski definition) is 9. The van der Waals surface area contributed by atoms with Crippen molar-refractivity contribution in [1.29, 1.82) is 0 Å². The van der Waals surface area contributed by atoms with Gasteiger partial charge in [-0.05, 0) is 86.8 Å². The van der Waals surface area contributed by atoms with Crippen LogP contribution in [0.3, 0.4) is 0 Å². The Morgan fingerprint density at radius 1 is 1.07 bits per heavy atom. The summed E-state index contributed by atoms with van der Waals surface area (Å²) < 4.78 is 15.4. The zero-order chi connectivity index (χ0) is 30.5. The first-order chi connectivity index (χ1) is 19.9. The van der Waals surface area contributed by atoms with Crippen LogP contribution in [-0.2, 0) is 20.9 Å². The van der Waals surface area contributed by atoms with Crippen molar-refractivity contribution in [3.8, 4) is 11.5 Å². The molecule has 232 valence electrons. The van der Waals surface area contributed by atoms with E-state index in [2.05, 4.69) is 12.7 Å². The second-order valence-electron chi connectivity index (χ2n) is 13.1. The first kappa shape index (κ1) is 30.8. The summed E-state index contributed by atoms with van der Waals surface area (Å²) in [6, 6.07) is 5.79. The molecule has 42 heavy (non-hydrogen) atoms. The van der Waals surface area contributed by atoms with Crippen LogP contribution in [0.5, 0.6) is 11.5 Å². The number of rotatable bonds is 5. The van der Waals surface area contributed by atoms with Crippen LogP contribution in [0, 0.1) is 28.6 Å². The number of aliphatic carboxylic acids is 1. The van der Waals surface area contributed by atoms with E-state index in [1.807, 2.05) is 18.2 Å². The minimum atomic E-state index is -1.50. The number of esters is 1. The van der Waals surface area contributed by atoms with Gasteiger partial charge < -0.3 is 45.2 Å². The molecule has 0 amide bonds. The Bertz CT molecular complexity index is 1230. The van der Waals surface area contributed by atoms with Crippen LogP contribution in [-0.4, -0.2) is 65.4 Å².